The second kappa shape index (κ2) is 8.73. The number of nitrogens with one attached hydrogen (secondary N) is 3. The number of hydrogen-bond acceptors (Lipinski definition) is 7. The Morgan fingerprint density at radius 2 is 1.84 bits per heavy atom. The van der Waals surface area contributed by atoms with Gasteiger partial charge in [-0.15, -0.1) is 0 Å². The third-order valence-electron chi connectivity index (χ3n) is 6.80. The van der Waals surface area contributed by atoms with Gasteiger partial charge < -0.3 is 25.4 Å². The van der Waals surface area contributed by atoms with Crippen LogP contribution in [0.2, 0.25) is 0 Å². The van der Waals surface area contributed by atoms with Crippen LogP contribution >= 0.6 is 0 Å². The zero-order valence-corrected chi connectivity index (χ0v) is 19.9. The Kier molecular flexibility index (Phi) is 5.48. The molecule has 0 aromatic carbocycles. The lowest BCUT2D eigenvalue weighted by Gasteiger charge is -2.33. The molecule has 4 aromatic rings. The average Bonchev–Trinajstić information content (AvgIpc) is 3.49. The van der Waals surface area contributed by atoms with E-state index < -0.39 is 11.9 Å². The molecule has 6 heterocycles. The Morgan fingerprint density at radius 3 is 2.57 bits per heavy atom. The maximum atomic E-state index is 13.1. The smallest absolute Gasteiger partial charge is 0.368 e. The van der Waals surface area contributed by atoms with Gasteiger partial charge in [0.15, 0.2) is 0 Å². The third-order valence-corrected chi connectivity index (χ3v) is 6.80. The summed E-state index contributed by atoms with van der Waals surface area (Å²) in [6.45, 7) is 4.11. The van der Waals surface area contributed by atoms with Gasteiger partial charge in [-0.3, -0.25) is 9.78 Å². The van der Waals surface area contributed by atoms with Crippen LogP contribution in [0.15, 0.2) is 42.9 Å². The zero-order chi connectivity index (χ0) is 25.7. The summed E-state index contributed by atoms with van der Waals surface area (Å²) in [5, 5.41) is 6.51. The quantitative estimate of drug-likeness (QED) is 0.386. The second-order valence-corrected chi connectivity index (χ2v) is 9.17. The molecule has 1 saturated heterocycles. The number of likely N-dealkylation sites (N-methyl/N-ethyl adjacent to an activating group) is 1. The van der Waals surface area contributed by atoms with E-state index in [1.165, 1.54) is 6.07 Å². The normalized spacial score (nSPS) is 16.2. The van der Waals surface area contributed by atoms with Crippen molar-refractivity contribution in [1.29, 1.82) is 0 Å². The lowest BCUT2D eigenvalue weighted by molar-refractivity contribution is -0.141. The summed E-state index contributed by atoms with van der Waals surface area (Å²) in [6, 6.07) is 6.17. The molecule has 1 fully saturated rings. The number of carbonyl (C=O) groups is 1. The van der Waals surface area contributed by atoms with E-state index in [1.54, 1.807) is 12.4 Å². The van der Waals surface area contributed by atoms with Gasteiger partial charge >= 0.3 is 6.18 Å². The molecule has 2 aliphatic rings. The van der Waals surface area contributed by atoms with Gasteiger partial charge in [0.2, 0.25) is 0 Å². The van der Waals surface area contributed by atoms with Gasteiger partial charge in [-0.05, 0) is 31.3 Å². The molecule has 6 rings (SSSR count). The summed E-state index contributed by atoms with van der Waals surface area (Å²) in [4.78, 5) is 32.9. The highest BCUT2D eigenvalue weighted by molar-refractivity contribution is 6.06. The summed E-state index contributed by atoms with van der Waals surface area (Å²) in [7, 11) is 2.11. The van der Waals surface area contributed by atoms with E-state index in [2.05, 4.69) is 47.4 Å². The van der Waals surface area contributed by atoms with Crippen LogP contribution in [-0.2, 0) is 12.7 Å². The molecule has 4 aromatic heterocycles. The Morgan fingerprint density at radius 1 is 1.03 bits per heavy atom. The molecule has 0 unspecified atom stereocenters. The highest BCUT2D eigenvalue weighted by Crippen LogP contribution is 2.37. The van der Waals surface area contributed by atoms with Crippen molar-refractivity contribution in [3.63, 3.8) is 0 Å². The van der Waals surface area contributed by atoms with Crippen LogP contribution in [0.5, 0.6) is 0 Å². The summed E-state index contributed by atoms with van der Waals surface area (Å²) in [5.41, 5.74) is 2.84. The van der Waals surface area contributed by atoms with E-state index in [0.717, 1.165) is 37.9 Å². The first kappa shape index (κ1) is 23.2. The summed E-state index contributed by atoms with van der Waals surface area (Å²) in [5.74, 6) is 0.317. The molecule has 0 bridgehead atoms. The fraction of sp³-hybridized carbons (Fsp3) is 0.280. The highest BCUT2D eigenvalue weighted by Gasteiger charge is 2.33. The van der Waals surface area contributed by atoms with Crippen molar-refractivity contribution in [2.24, 2.45) is 0 Å². The number of rotatable bonds is 4. The number of pyridine rings is 3. The number of piperazine rings is 1. The van der Waals surface area contributed by atoms with Crippen molar-refractivity contribution in [2.75, 3.05) is 43.4 Å². The van der Waals surface area contributed by atoms with Gasteiger partial charge in [0.25, 0.3) is 5.91 Å². The minimum absolute atomic E-state index is 0.101. The number of hydrogen-bond donors (Lipinski definition) is 3. The lowest BCUT2D eigenvalue weighted by atomic mass is 10.0. The maximum Gasteiger partial charge on any atom is 0.433 e. The van der Waals surface area contributed by atoms with Crippen LogP contribution < -0.4 is 15.5 Å². The number of amides is 1. The molecule has 1 amide bonds. The molecule has 3 N–H and O–H groups in total. The average molecular weight is 509 g/mol. The highest BCUT2D eigenvalue weighted by atomic mass is 19.4. The Bertz CT molecular complexity index is 1490. The summed E-state index contributed by atoms with van der Waals surface area (Å²) in [6.07, 6.45) is 0.379. The monoisotopic (exact) mass is 508 g/mol. The van der Waals surface area contributed by atoms with Crippen molar-refractivity contribution in [3.05, 3.63) is 59.7 Å². The minimum Gasteiger partial charge on any atom is -0.368 e. The molecule has 37 heavy (non-hydrogen) atoms. The van der Waals surface area contributed by atoms with E-state index in [-0.39, 0.29) is 18.1 Å². The van der Waals surface area contributed by atoms with Crippen molar-refractivity contribution in [3.8, 4) is 11.3 Å². The number of aromatic nitrogens is 4. The van der Waals surface area contributed by atoms with E-state index >= 15 is 0 Å². The number of anilines is 3. The van der Waals surface area contributed by atoms with Crippen LogP contribution in [0.1, 0.15) is 21.6 Å². The van der Waals surface area contributed by atoms with Gasteiger partial charge in [-0.25, -0.2) is 9.97 Å². The fourth-order valence-corrected chi connectivity index (χ4v) is 4.78. The standard InChI is InChI=1S/C25H23F3N8O/c1-35-6-8-36(9-7-35)14-2-5-20(29-10-14)33-18-13-30-22(17-12-32-24(37)21(17)18)16-11-31-23-15(16)3-4-19(34-23)25(26,27)28/h2-5,10-11,13H,6-9,12H2,1H3,(H,29,33)(H,31,34)(H,32,37). The molecule has 2 aliphatic heterocycles. The first-order valence-electron chi connectivity index (χ1n) is 11.8. The fourth-order valence-electron chi connectivity index (χ4n) is 4.78. The van der Waals surface area contributed by atoms with Crippen molar-refractivity contribution in [1.82, 2.24) is 30.2 Å². The number of H-pyrrole nitrogens is 1. The summed E-state index contributed by atoms with van der Waals surface area (Å²) < 4.78 is 39.2. The lowest BCUT2D eigenvalue weighted by Crippen LogP contribution is -2.44. The Balaban J connectivity index is 1.30. The number of aromatic amines is 1. The molecule has 0 radical (unpaired) electrons. The number of fused-ring (bicyclic) bond motifs is 2. The molecule has 0 spiro atoms. The molecule has 190 valence electrons. The first-order valence-corrected chi connectivity index (χ1v) is 11.8. The number of alkyl halides is 3. The van der Waals surface area contributed by atoms with Crippen LogP contribution in [-0.4, -0.2) is 64.0 Å². The van der Waals surface area contributed by atoms with Crippen molar-refractivity contribution >= 4 is 34.1 Å². The predicted molar refractivity (Wildman–Crippen MR) is 133 cm³/mol. The molecule has 0 saturated carbocycles. The molecular weight excluding hydrogens is 485 g/mol. The van der Waals surface area contributed by atoms with Gasteiger partial charge in [0.1, 0.15) is 17.2 Å². The SMILES string of the molecule is CN1CCN(c2ccc(Nc3cnc(-c4c[nH]c5nc(C(F)(F)F)ccc45)c4c3C(=O)NC4)nc2)CC1. The molecular formula is C25H23F3N8O. The molecule has 0 aliphatic carbocycles. The molecule has 9 nitrogen and oxygen atoms in total. The van der Waals surface area contributed by atoms with E-state index in [0.29, 0.717) is 39.3 Å². The Labute approximate surface area is 209 Å². The maximum absolute atomic E-state index is 13.1. The van der Waals surface area contributed by atoms with Crippen LogP contribution in [0.3, 0.4) is 0 Å². The van der Waals surface area contributed by atoms with Crippen molar-refractivity contribution < 1.29 is 18.0 Å². The zero-order valence-electron chi connectivity index (χ0n) is 19.9. The second-order valence-electron chi connectivity index (χ2n) is 9.17. The van der Waals surface area contributed by atoms with Gasteiger partial charge in [-0.2, -0.15) is 13.2 Å². The molecule has 12 heteroatoms. The predicted octanol–water partition coefficient (Wildman–Crippen LogP) is 3.78. The van der Waals surface area contributed by atoms with Crippen LogP contribution in [0.25, 0.3) is 22.3 Å². The number of nitrogens with zero attached hydrogens (tertiary/aromatic N) is 5. The minimum atomic E-state index is -4.54. The van der Waals surface area contributed by atoms with Gasteiger partial charge in [0.05, 0.1) is 35.0 Å². The number of carbonyl (C=O) groups excluding carboxylic acids is 1. The summed E-state index contributed by atoms with van der Waals surface area (Å²) >= 11 is 0. The van der Waals surface area contributed by atoms with Gasteiger partial charge in [-0.1, -0.05) is 0 Å². The van der Waals surface area contributed by atoms with Crippen molar-refractivity contribution in [2.45, 2.75) is 12.7 Å². The number of halogens is 3. The van der Waals surface area contributed by atoms with Crippen LogP contribution in [0, 0.1) is 0 Å². The first-order chi connectivity index (χ1) is 17.8. The van der Waals surface area contributed by atoms with E-state index in [9.17, 15) is 18.0 Å². The third kappa shape index (κ3) is 4.22. The van der Waals surface area contributed by atoms with E-state index in [1.807, 2.05) is 18.3 Å². The van der Waals surface area contributed by atoms with Gasteiger partial charge in [0, 0.05) is 55.4 Å². The Hall–Kier alpha value is -4.19. The molecule has 0 atom stereocenters. The van der Waals surface area contributed by atoms with E-state index in [4.69, 9.17) is 0 Å². The van der Waals surface area contributed by atoms with Crippen LogP contribution in [0.4, 0.5) is 30.4 Å². The topological polar surface area (TPSA) is 102 Å². The largest absolute Gasteiger partial charge is 0.433 e.